The molecule has 136 valence electrons. The van der Waals surface area contributed by atoms with Gasteiger partial charge in [0.2, 0.25) is 11.8 Å². The lowest BCUT2D eigenvalue weighted by atomic mass is 10.2. The molecular weight excluding hydrogens is 410 g/mol. The van der Waals surface area contributed by atoms with Crippen LogP contribution in [0.5, 0.6) is 11.6 Å². The summed E-state index contributed by atoms with van der Waals surface area (Å²) in [6.45, 7) is -0.135. The van der Waals surface area contributed by atoms with Gasteiger partial charge in [-0.25, -0.2) is 4.98 Å². The van der Waals surface area contributed by atoms with E-state index in [0.717, 1.165) is 4.47 Å². The summed E-state index contributed by atoms with van der Waals surface area (Å²) < 4.78 is 6.51. The van der Waals surface area contributed by atoms with Crippen LogP contribution in [0, 0.1) is 0 Å². The lowest BCUT2D eigenvalue weighted by Gasteiger charge is -2.08. The topological polar surface area (TPSA) is 80.3 Å². The van der Waals surface area contributed by atoms with Crippen LogP contribution in [-0.2, 0) is 4.79 Å². The first-order valence-corrected chi connectivity index (χ1v) is 8.92. The van der Waals surface area contributed by atoms with Gasteiger partial charge in [-0.1, -0.05) is 40.2 Å². The Hall–Kier alpha value is -3.19. The molecule has 6 nitrogen and oxygen atoms in total. The third kappa shape index (κ3) is 5.65. The maximum absolute atomic E-state index is 12.1. The van der Waals surface area contributed by atoms with Crippen molar-refractivity contribution >= 4 is 33.4 Å². The van der Waals surface area contributed by atoms with Gasteiger partial charge < -0.3 is 15.4 Å². The van der Waals surface area contributed by atoms with Crippen molar-refractivity contribution in [3.63, 3.8) is 0 Å². The molecule has 0 aliphatic rings. The van der Waals surface area contributed by atoms with Crippen LogP contribution < -0.4 is 15.4 Å². The van der Waals surface area contributed by atoms with E-state index in [9.17, 15) is 9.59 Å². The van der Waals surface area contributed by atoms with Crippen LogP contribution in [0.3, 0.4) is 0 Å². The van der Waals surface area contributed by atoms with Crippen LogP contribution in [-0.4, -0.2) is 23.3 Å². The van der Waals surface area contributed by atoms with Crippen molar-refractivity contribution in [1.82, 2.24) is 10.3 Å². The van der Waals surface area contributed by atoms with E-state index in [2.05, 4.69) is 31.5 Å². The monoisotopic (exact) mass is 425 g/mol. The summed E-state index contributed by atoms with van der Waals surface area (Å²) in [5.41, 5.74) is 1.01. The Balaban J connectivity index is 1.52. The van der Waals surface area contributed by atoms with Crippen molar-refractivity contribution in [2.75, 3.05) is 11.9 Å². The maximum Gasteiger partial charge on any atom is 0.253 e. The van der Waals surface area contributed by atoms with E-state index in [0.29, 0.717) is 22.9 Å². The molecule has 0 bridgehead atoms. The number of benzene rings is 2. The summed E-state index contributed by atoms with van der Waals surface area (Å²) in [6.07, 6.45) is 1.40. The number of halogens is 1. The van der Waals surface area contributed by atoms with Gasteiger partial charge in [0.1, 0.15) is 5.75 Å². The molecule has 0 atom stereocenters. The standard InChI is InChI=1S/C20H16BrN3O3/c21-15-5-4-8-17(11-15)27-19-10-9-14(12-22-19)20(26)23-13-18(25)24-16-6-2-1-3-7-16/h1-12H,13H2,(H,23,26)(H,24,25). The Bertz CT molecular complexity index is 931. The number of carbonyl (C=O) groups excluding carboxylic acids is 2. The molecule has 0 saturated carbocycles. The number of carbonyl (C=O) groups is 2. The van der Waals surface area contributed by atoms with E-state index in [4.69, 9.17) is 4.74 Å². The number of nitrogens with zero attached hydrogens (tertiary/aromatic N) is 1. The minimum Gasteiger partial charge on any atom is -0.439 e. The Morgan fingerprint density at radius 1 is 1.00 bits per heavy atom. The van der Waals surface area contributed by atoms with Gasteiger partial charge in [-0.2, -0.15) is 0 Å². The molecule has 3 rings (SSSR count). The summed E-state index contributed by atoms with van der Waals surface area (Å²) >= 11 is 3.37. The summed E-state index contributed by atoms with van der Waals surface area (Å²) in [6, 6.07) is 19.6. The number of nitrogens with one attached hydrogen (secondary N) is 2. The summed E-state index contributed by atoms with van der Waals surface area (Å²) in [7, 11) is 0. The van der Waals surface area contributed by atoms with E-state index in [1.165, 1.54) is 6.20 Å². The first-order valence-electron chi connectivity index (χ1n) is 8.13. The van der Waals surface area contributed by atoms with Gasteiger partial charge in [-0.3, -0.25) is 9.59 Å². The van der Waals surface area contributed by atoms with Crippen molar-refractivity contribution in [2.45, 2.75) is 0 Å². The van der Waals surface area contributed by atoms with Gasteiger partial charge in [-0.15, -0.1) is 0 Å². The van der Waals surface area contributed by atoms with Crippen molar-refractivity contribution in [3.8, 4) is 11.6 Å². The fourth-order valence-corrected chi connectivity index (χ4v) is 2.59. The number of hydrogen-bond donors (Lipinski definition) is 2. The minimum absolute atomic E-state index is 0.135. The highest BCUT2D eigenvalue weighted by Crippen LogP contribution is 2.22. The molecule has 0 radical (unpaired) electrons. The Kier molecular flexibility index (Phi) is 6.17. The Morgan fingerprint density at radius 2 is 1.81 bits per heavy atom. The molecule has 0 spiro atoms. The first kappa shape index (κ1) is 18.6. The van der Waals surface area contributed by atoms with Crippen LogP contribution in [0.4, 0.5) is 5.69 Å². The van der Waals surface area contributed by atoms with E-state index in [-0.39, 0.29) is 18.4 Å². The molecule has 0 unspecified atom stereocenters. The largest absolute Gasteiger partial charge is 0.439 e. The van der Waals surface area contributed by atoms with Gasteiger partial charge >= 0.3 is 0 Å². The SMILES string of the molecule is O=C(CNC(=O)c1ccc(Oc2cccc(Br)c2)nc1)Nc1ccccc1. The number of anilines is 1. The third-order valence-electron chi connectivity index (χ3n) is 3.48. The van der Waals surface area contributed by atoms with E-state index in [1.807, 2.05) is 36.4 Å². The van der Waals surface area contributed by atoms with Crippen molar-refractivity contribution in [1.29, 1.82) is 0 Å². The highest BCUT2D eigenvalue weighted by Gasteiger charge is 2.09. The molecule has 0 aliphatic carbocycles. The predicted octanol–water partition coefficient (Wildman–Crippen LogP) is 4.00. The molecule has 2 amide bonds. The normalized spacial score (nSPS) is 10.1. The van der Waals surface area contributed by atoms with E-state index in [1.54, 1.807) is 30.3 Å². The van der Waals surface area contributed by atoms with Gasteiger partial charge in [-0.05, 0) is 36.4 Å². The second-order valence-corrected chi connectivity index (χ2v) is 6.46. The highest BCUT2D eigenvalue weighted by atomic mass is 79.9. The number of para-hydroxylation sites is 1. The summed E-state index contributed by atoms with van der Waals surface area (Å²) in [5.74, 6) is 0.301. The van der Waals surface area contributed by atoms with Crippen LogP contribution >= 0.6 is 15.9 Å². The predicted molar refractivity (Wildman–Crippen MR) is 106 cm³/mol. The van der Waals surface area contributed by atoms with Crippen LogP contribution in [0.25, 0.3) is 0 Å². The zero-order valence-corrected chi connectivity index (χ0v) is 15.8. The number of pyridine rings is 1. The molecule has 2 N–H and O–H groups in total. The minimum atomic E-state index is -0.389. The number of rotatable bonds is 6. The van der Waals surface area contributed by atoms with Crippen molar-refractivity contribution in [3.05, 3.63) is 83.0 Å². The molecule has 0 saturated heterocycles. The smallest absolute Gasteiger partial charge is 0.253 e. The average molecular weight is 426 g/mol. The highest BCUT2D eigenvalue weighted by molar-refractivity contribution is 9.10. The molecule has 2 aromatic carbocycles. The number of ether oxygens (including phenoxy) is 1. The van der Waals surface area contributed by atoms with Crippen LogP contribution in [0.2, 0.25) is 0 Å². The second kappa shape index (κ2) is 8.95. The van der Waals surface area contributed by atoms with E-state index >= 15 is 0 Å². The molecule has 1 heterocycles. The molecular formula is C20H16BrN3O3. The lowest BCUT2D eigenvalue weighted by molar-refractivity contribution is -0.115. The quantitative estimate of drug-likeness (QED) is 0.625. The second-order valence-electron chi connectivity index (χ2n) is 5.54. The van der Waals surface area contributed by atoms with Crippen LogP contribution in [0.1, 0.15) is 10.4 Å². The zero-order valence-electron chi connectivity index (χ0n) is 14.2. The summed E-state index contributed by atoms with van der Waals surface area (Å²) in [5, 5.41) is 5.25. The number of hydrogen-bond acceptors (Lipinski definition) is 4. The third-order valence-corrected chi connectivity index (χ3v) is 3.98. The van der Waals surface area contributed by atoms with Crippen molar-refractivity contribution < 1.29 is 14.3 Å². The zero-order chi connectivity index (χ0) is 19.1. The van der Waals surface area contributed by atoms with Gasteiger partial charge in [0, 0.05) is 22.4 Å². The molecule has 1 aromatic heterocycles. The molecule has 27 heavy (non-hydrogen) atoms. The molecule has 0 aliphatic heterocycles. The maximum atomic E-state index is 12.1. The van der Waals surface area contributed by atoms with Gasteiger partial charge in [0.05, 0.1) is 12.1 Å². The summed E-state index contributed by atoms with van der Waals surface area (Å²) in [4.78, 5) is 28.1. The average Bonchev–Trinajstić information content (AvgIpc) is 2.67. The first-order chi connectivity index (χ1) is 13.1. The fourth-order valence-electron chi connectivity index (χ4n) is 2.22. The van der Waals surface area contributed by atoms with E-state index < -0.39 is 0 Å². The molecule has 7 heteroatoms. The Morgan fingerprint density at radius 3 is 2.52 bits per heavy atom. The molecule has 0 fully saturated rings. The lowest BCUT2D eigenvalue weighted by Crippen LogP contribution is -2.32. The fraction of sp³-hybridized carbons (Fsp3) is 0.0500. The van der Waals surface area contributed by atoms with Gasteiger partial charge in [0.15, 0.2) is 0 Å². The van der Waals surface area contributed by atoms with Crippen molar-refractivity contribution in [2.24, 2.45) is 0 Å². The van der Waals surface area contributed by atoms with Crippen LogP contribution in [0.15, 0.2) is 77.4 Å². The van der Waals surface area contributed by atoms with Gasteiger partial charge in [0.25, 0.3) is 5.91 Å². The number of amides is 2. The number of aromatic nitrogens is 1. The molecule has 3 aromatic rings. The Labute approximate surface area is 164 Å².